The van der Waals surface area contributed by atoms with Crippen molar-refractivity contribution < 1.29 is 9.21 Å². The van der Waals surface area contributed by atoms with Gasteiger partial charge in [-0.2, -0.15) is 0 Å². The number of aromatic nitrogens is 1. The van der Waals surface area contributed by atoms with E-state index in [1.807, 2.05) is 42.2 Å². The minimum Gasteiger partial charge on any atom is -0.468 e. The summed E-state index contributed by atoms with van der Waals surface area (Å²) in [4.78, 5) is 21.4. The Morgan fingerprint density at radius 1 is 1.22 bits per heavy atom. The first kappa shape index (κ1) is 14.5. The molecule has 1 amide bonds. The van der Waals surface area contributed by atoms with E-state index in [-0.39, 0.29) is 5.91 Å². The number of amides is 1. The first-order valence-electron chi connectivity index (χ1n) is 8.19. The van der Waals surface area contributed by atoms with Crippen LogP contribution in [0, 0.1) is 6.92 Å². The molecule has 0 bridgehead atoms. The van der Waals surface area contributed by atoms with E-state index in [1.54, 1.807) is 6.26 Å². The van der Waals surface area contributed by atoms with Crippen LogP contribution in [0.1, 0.15) is 30.0 Å². The highest BCUT2D eigenvalue weighted by atomic mass is 16.3. The highest BCUT2D eigenvalue weighted by molar-refractivity contribution is 5.80. The summed E-state index contributed by atoms with van der Waals surface area (Å²) in [6.45, 7) is 4.41. The number of carbonyl (C=O) groups is 1. The second kappa shape index (κ2) is 5.81. The number of hydrogen-bond donors (Lipinski definition) is 0. The highest BCUT2D eigenvalue weighted by Crippen LogP contribution is 2.34. The number of pyridine rings is 1. The first-order chi connectivity index (χ1) is 11.2. The van der Waals surface area contributed by atoms with E-state index in [4.69, 9.17) is 4.42 Å². The molecule has 2 aliphatic heterocycles. The zero-order valence-electron chi connectivity index (χ0n) is 13.3. The molecule has 2 fully saturated rings. The SMILES string of the molecule is Cc1cccc(CN2C(=O)C[C@@H]3[C@H]2CCN3Cc2ccco2)n1. The van der Waals surface area contributed by atoms with Crippen molar-refractivity contribution in [2.75, 3.05) is 6.54 Å². The number of hydrogen-bond acceptors (Lipinski definition) is 4. The van der Waals surface area contributed by atoms with E-state index in [9.17, 15) is 4.79 Å². The number of likely N-dealkylation sites (tertiary alicyclic amines) is 2. The van der Waals surface area contributed by atoms with Crippen LogP contribution in [0.4, 0.5) is 0 Å². The molecule has 2 saturated heterocycles. The molecule has 0 unspecified atom stereocenters. The van der Waals surface area contributed by atoms with Gasteiger partial charge >= 0.3 is 0 Å². The number of fused-ring (bicyclic) bond motifs is 1. The fourth-order valence-electron chi connectivity index (χ4n) is 3.88. The van der Waals surface area contributed by atoms with Crippen LogP contribution in [0.5, 0.6) is 0 Å². The minimum atomic E-state index is 0.243. The lowest BCUT2D eigenvalue weighted by molar-refractivity contribution is -0.129. The molecule has 0 aromatic carbocycles. The zero-order valence-corrected chi connectivity index (χ0v) is 13.3. The average Bonchev–Trinajstić information content (AvgIpc) is 3.22. The number of aryl methyl sites for hydroxylation is 1. The lowest BCUT2D eigenvalue weighted by Gasteiger charge is -2.25. The Hall–Kier alpha value is -2.14. The summed E-state index contributed by atoms with van der Waals surface area (Å²) in [5, 5.41) is 0. The number of carbonyl (C=O) groups excluding carboxylic acids is 1. The summed E-state index contributed by atoms with van der Waals surface area (Å²) in [5.74, 6) is 1.21. The van der Waals surface area contributed by atoms with Crippen LogP contribution in [-0.2, 0) is 17.9 Å². The lowest BCUT2D eigenvalue weighted by atomic mass is 10.1. The summed E-state index contributed by atoms with van der Waals surface area (Å²) >= 11 is 0. The maximum absolute atomic E-state index is 12.5. The van der Waals surface area contributed by atoms with Gasteiger partial charge in [0.25, 0.3) is 0 Å². The molecule has 0 spiro atoms. The van der Waals surface area contributed by atoms with Crippen LogP contribution in [0.2, 0.25) is 0 Å². The molecular formula is C18H21N3O2. The second-order valence-electron chi connectivity index (χ2n) is 6.47. The summed E-state index contributed by atoms with van der Waals surface area (Å²) in [6.07, 6.45) is 3.35. The first-order valence-corrected chi connectivity index (χ1v) is 8.19. The van der Waals surface area contributed by atoms with Gasteiger partial charge in [-0.1, -0.05) is 6.07 Å². The molecular weight excluding hydrogens is 290 g/mol. The number of nitrogens with zero attached hydrogens (tertiary/aromatic N) is 3. The molecule has 2 aromatic rings. The average molecular weight is 311 g/mol. The highest BCUT2D eigenvalue weighted by Gasteiger charge is 2.46. The Bertz CT molecular complexity index is 698. The molecule has 0 N–H and O–H groups in total. The summed E-state index contributed by atoms with van der Waals surface area (Å²) in [6, 6.07) is 10.5. The minimum absolute atomic E-state index is 0.243. The molecule has 2 aliphatic rings. The van der Waals surface area contributed by atoms with E-state index < -0.39 is 0 Å². The van der Waals surface area contributed by atoms with Gasteiger partial charge in [0.1, 0.15) is 5.76 Å². The van der Waals surface area contributed by atoms with Crippen molar-refractivity contribution in [1.82, 2.24) is 14.8 Å². The Kier molecular flexibility index (Phi) is 3.65. The van der Waals surface area contributed by atoms with Crippen LogP contribution in [-0.4, -0.2) is 39.3 Å². The summed E-state index contributed by atoms with van der Waals surface area (Å²) in [7, 11) is 0. The third-order valence-electron chi connectivity index (χ3n) is 4.95. The topological polar surface area (TPSA) is 49.6 Å². The van der Waals surface area contributed by atoms with E-state index in [2.05, 4.69) is 9.88 Å². The van der Waals surface area contributed by atoms with Crippen molar-refractivity contribution in [3.63, 3.8) is 0 Å². The third-order valence-corrected chi connectivity index (χ3v) is 4.95. The third kappa shape index (κ3) is 2.77. The largest absolute Gasteiger partial charge is 0.468 e. The van der Waals surface area contributed by atoms with Crippen molar-refractivity contribution in [2.45, 2.75) is 44.9 Å². The normalized spacial score (nSPS) is 24.4. The van der Waals surface area contributed by atoms with E-state index in [0.29, 0.717) is 25.0 Å². The van der Waals surface area contributed by atoms with Gasteiger partial charge < -0.3 is 9.32 Å². The Morgan fingerprint density at radius 2 is 2.13 bits per heavy atom. The maximum Gasteiger partial charge on any atom is 0.224 e. The summed E-state index contributed by atoms with van der Waals surface area (Å²) < 4.78 is 5.46. The molecule has 0 radical (unpaired) electrons. The molecule has 2 atom stereocenters. The van der Waals surface area contributed by atoms with Crippen LogP contribution < -0.4 is 0 Å². The van der Waals surface area contributed by atoms with Crippen molar-refractivity contribution in [3.05, 3.63) is 53.7 Å². The fourth-order valence-corrected chi connectivity index (χ4v) is 3.88. The smallest absolute Gasteiger partial charge is 0.224 e. The van der Waals surface area contributed by atoms with E-state index in [0.717, 1.165) is 36.7 Å². The Balaban J connectivity index is 1.48. The van der Waals surface area contributed by atoms with Crippen molar-refractivity contribution in [2.24, 2.45) is 0 Å². The number of furan rings is 1. The van der Waals surface area contributed by atoms with Crippen molar-refractivity contribution in [1.29, 1.82) is 0 Å². The van der Waals surface area contributed by atoms with E-state index >= 15 is 0 Å². The predicted octanol–water partition coefficient (Wildman–Crippen LogP) is 2.36. The molecule has 2 aromatic heterocycles. The van der Waals surface area contributed by atoms with Gasteiger partial charge in [0.2, 0.25) is 5.91 Å². The predicted molar refractivity (Wildman–Crippen MR) is 85.5 cm³/mol. The van der Waals surface area contributed by atoms with Crippen LogP contribution in [0.15, 0.2) is 41.0 Å². The molecule has 5 heteroatoms. The Morgan fingerprint density at radius 3 is 2.91 bits per heavy atom. The molecule has 4 rings (SSSR count). The lowest BCUT2D eigenvalue weighted by Crippen LogP contribution is -2.36. The van der Waals surface area contributed by atoms with Gasteiger partial charge in [-0.15, -0.1) is 0 Å². The van der Waals surface area contributed by atoms with Gasteiger partial charge in [0, 0.05) is 30.7 Å². The monoisotopic (exact) mass is 311 g/mol. The Labute approximate surface area is 135 Å². The molecule has 5 nitrogen and oxygen atoms in total. The molecule has 23 heavy (non-hydrogen) atoms. The van der Waals surface area contributed by atoms with Crippen LogP contribution >= 0.6 is 0 Å². The van der Waals surface area contributed by atoms with Gasteiger partial charge in [0.15, 0.2) is 0 Å². The van der Waals surface area contributed by atoms with Gasteiger partial charge in [-0.25, -0.2) is 0 Å². The fraction of sp³-hybridized carbons (Fsp3) is 0.444. The van der Waals surface area contributed by atoms with Gasteiger partial charge in [-0.05, 0) is 37.6 Å². The van der Waals surface area contributed by atoms with Crippen molar-refractivity contribution >= 4 is 5.91 Å². The molecule has 0 saturated carbocycles. The maximum atomic E-state index is 12.5. The van der Waals surface area contributed by atoms with Gasteiger partial charge in [0.05, 0.1) is 25.0 Å². The summed E-state index contributed by atoms with van der Waals surface area (Å²) in [5.41, 5.74) is 1.97. The van der Waals surface area contributed by atoms with Crippen LogP contribution in [0.25, 0.3) is 0 Å². The zero-order chi connectivity index (χ0) is 15.8. The van der Waals surface area contributed by atoms with Crippen molar-refractivity contribution in [3.8, 4) is 0 Å². The standard InChI is InChI=1S/C18H21N3O2/c1-13-4-2-5-14(19-13)11-21-16-7-8-20(17(16)10-18(21)22)12-15-6-3-9-23-15/h2-6,9,16-17H,7-8,10-12H2,1H3/t16-,17-/m1/s1. The van der Waals surface area contributed by atoms with Crippen LogP contribution in [0.3, 0.4) is 0 Å². The second-order valence-corrected chi connectivity index (χ2v) is 6.47. The number of rotatable bonds is 4. The quantitative estimate of drug-likeness (QED) is 0.870. The van der Waals surface area contributed by atoms with Gasteiger partial charge in [-0.3, -0.25) is 14.7 Å². The molecule has 120 valence electrons. The molecule has 0 aliphatic carbocycles. The molecule has 4 heterocycles. The van der Waals surface area contributed by atoms with E-state index in [1.165, 1.54) is 0 Å².